The Labute approximate surface area is 133 Å². The first-order chi connectivity index (χ1) is 9.92. The molecule has 0 aliphatic carbocycles. The van der Waals surface area contributed by atoms with Crippen molar-refractivity contribution < 1.29 is 8.42 Å². The van der Waals surface area contributed by atoms with E-state index in [0.717, 1.165) is 15.7 Å². The highest BCUT2D eigenvalue weighted by Crippen LogP contribution is 2.19. The quantitative estimate of drug-likeness (QED) is 0.851. The van der Waals surface area contributed by atoms with Gasteiger partial charge in [0.15, 0.2) is 0 Å². The summed E-state index contributed by atoms with van der Waals surface area (Å²) in [6.07, 6.45) is 0. The van der Waals surface area contributed by atoms with E-state index in [1.54, 1.807) is 24.3 Å². The van der Waals surface area contributed by atoms with Crippen LogP contribution in [0.2, 0.25) is 0 Å². The topological polar surface area (TPSA) is 58.2 Å². The molecule has 21 heavy (non-hydrogen) atoms. The Balaban J connectivity index is 2.05. The van der Waals surface area contributed by atoms with Gasteiger partial charge in [0.25, 0.3) is 0 Å². The van der Waals surface area contributed by atoms with Crippen molar-refractivity contribution in [1.82, 2.24) is 4.72 Å². The predicted molar refractivity (Wildman–Crippen MR) is 88.9 cm³/mol. The van der Waals surface area contributed by atoms with Crippen LogP contribution in [0.1, 0.15) is 11.1 Å². The van der Waals surface area contributed by atoms with Crippen molar-refractivity contribution in [3.63, 3.8) is 0 Å². The zero-order chi connectivity index (χ0) is 15.5. The maximum Gasteiger partial charge on any atom is 0.240 e. The Morgan fingerprint density at radius 1 is 1.10 bits per heavy atom. The summed E-state index contributed by atoms with van der Waals surface area (Å²) in [6, 6.07) is 12.9. The molecule has 6 heteroatoms. The molecule has 4 nitrogen and oxygen atoms in total. The summed E-state index contributed by atoms with van der Waals surface area (Å²) in [7, 11) is -1.98. The average Bonchev–Trinajstić information content (AvgIpc) is 2.49. The van der Waals surface area contributed by atoms with Gasteiger partial charge in [-0.25, -0.2) is 13.1 Å². The van der Waals surface area contributed by atoms with Gasteiger partial charge < -0.3 is 5.32 Å². The summed E-state index contributed by atoms with van der Waals surface area (Å²) in [5.74, 6) is 0. The standard InChI is InChI=1S/C15H17BrN2O2S/c1-11-3-4-12(9-15(11)16)10-18-13-5-7-14(8-6-13)21(19,20)17-2/h3-9,17-18H,10H2,1-2H3. The molecule has 0 spiro atoms. The predicted octanol–water partition coefficient (Wildman–Crippen LogP) is 3.28. The number of nitrogens with one attached hydrogen (secondary N) is 2. The number of halogens is 1. The van der Waals surface area contributed by atoms with Crippen LogP contribution >= 0.6 is 15.9 Å². The lowest BCUT2D eigenvalue weighted by Gasteiger charge is -2.09. The van der Waals surface area contributed by atoms with E-state index in [1.165, 1.54) is 12.6 Å². The largest absolute Gasteiger partial charge is 0.381 e. The number of rotatable bonds is 5. The van der Waals surface area contributed by atoms with Crippen LogP contribution in [0.25, 0.3) is 0 Å². The molecule has 0 heterocycles. The molecule has 0 saturated heterocycles. The highest BCUT2D eigenvalue weighted by Gasteiger charge is 2.10. The fraction of sp³-hybridized carbons (Fsp3) is 0.200. The van der Waals surface area contributed by atoms with Crippen LogP contribution in [0.15, 0.2) is 51.8 Å². The van der Waals surface area contributed by atoms with Gasteiger partial charge >= 0.3 is 0 Å². The number of aryl methyl sites for hydroxylation is 1. The van der Waals surface area contributed by atoms with Gasteiger partial charge in [-0.2, -0.15) is 0 Å². The van der Waals surface area contributed by atoms with E-state index in [-0.39, 0.29) is 4.90 Å². The Kier molecular flexibility index (Phi) is 5.03. The monoisotopic (exact) mass is 368 g/mol. The van der Waals surface area contributed by atoms with Crippen LogP contribution in [-0.4, -0.2) is 15.5 Å². The molecule has 0 radical (unpaired) electrons. The van der Waals surface area contributed by atoms with Crippen LogP contribution in [0.3, 0.4) is 0 Å². The first-order valence-electron chi connectivity index (χ1n) is 6.45. The summed E-state index contributed by atoms with van der Waals surface area (Å²) in [5, 5.41) is 3.27. The van der Waals surface area contributed by atoms with Crippen molar-refractivity contribution in [2.24, 2.45) is 0 Å². The van der Waals surface area contributed by atoms with Crippen molar-refractivity contribution >= 4 is 31.6 Å². The third kappa shape index (κ3) is 4.06. The van der Waals surface area contributed by atoms with E-state index in [9.17, 15) is 8.42 Å². The van der Waals surface area contributed by atoms with Crippen LogP contribution in [0, 0.1) is 6.92 Å². The molecule has 0 aliphatic rings. The minimum absolute atomic E-state index is 0.258. The van der Waals surface area contributed by atoms with Gasteiger partial charge in [0, 0.05) is 16.7 Å². The minimum Gasteiger partial charge on any atom is -0.381 e. The molecular formula is C15H17BrN2O2S. The summed E-state index contributed by atoms with van der Waals surface area (Å²) in [5.41, 5.74) is 3.22. The SMILES string of the molecule is CNS(=O)(=O)c1ccc(NCc2ccc(C)c(Br)c2)cc1. The number of anilines is 1. The third-order valence-corrected chi connectivity index (χ3v) is 5.45. The lowest BCUT2D eigenvalue weighted by molar-refractivity contribution is 0.588. The number of sulfonamides is 1. The zero-order valence-corrected chi connectivity index (χ0v) is 14.3. The first kappa shape index (κ1) is 16.0. The molecule has 0 atom stereocenters. The molecule has 112 valence electrons. The maximum absolute atomic E-state index is 11.6. The second-order valence-corrected chi connectivity index (χ2v) is 7.41. The normalized spacial score (nSPS) is 11.4. The van der Waals surface area contributed by atoms with E-state index < -0.39 is 10.0 Å². The molecular weight excluding hydrogens is 352 g/mol. The van der Waals surface area contributed by atoms with E-state index in [4.69, 9.17) is 0 Å². The van der Waals surface area contributed by atoms with Crippen LogP contribution in [0.4, 0.5) is 5.69 Å². The number of hydrogen-bond donors (Lipinski definition) is 2. The molecule has 0 aromatic heterocycles. The number of hydrogen-bond acceptors (Lipinski definition) is 3. The Bertz CT molecular complexity index is 728. The van der Waals surface area contributed by atoms with Crippen molar-refractivity contribution in [2.75, 3.05) is 12.4 Å². The Morgan fingerprint density at radius 3 is 2.33 bits per heavy atom. The Morgan fingerprint density at radius 2 is 1.76 bits per heavy atom. The minimum atomic E-state index is -3.38. The molecule has 0 aliphatic heterocycles. The van der Waals surface area contributed by atoms with Crippen molar-refractivity contribution in [3.8, 4) is 0 Å². The highest BCUT2D eigenvalue weighted by atomic mass is 79.9. The molecule has 2 rings (SSSR count). The van der Waals surface area contributed by atoms with Gasteiger partial charge in [-0.15, -0.1) is 0 Å². The molecule has 0 unspecified atom stereocenters. The van der Waals surface area contributed by atoms with Gasteiger partial charge in [-0.3, -0.25) is 0 Å². The van der Waals surface area contributed by atoms with E-state index in [1.807, 2.05) is 6.92 Å². The molecule has 0 bridgehead atoms. The third-order valence-electron chi connectivity index (χ3n) is 3.17. The summed E-state index contributed by atoms with van der Waals surface area (Å²) >= 11 is 3.51. The number of benzene rings is 2. The zero-order valence-electron chi connectivity index (χ0n) is 11.9. The second kappa shape index (κ2) is 6.60. The van der Waals surface area contributed by atoms with Crippen LogP contribution < -0.4 is 10.0 Å². The van der Waals surface area contributed by atoms with Gasteiger partial charge in [-0.1, -0.05) is 28.1 Å². The van der Waals surface area contributed by atoms with E-state index in [2.05, 4.69) is 44.2 Å². The van der Waals surface area contributed by atoms with Gasteiger partial charge in [0.1, 0.15) is 0 Å². The van der Waals surface area contributed by atoms with Gasteiger partial charge in [0.05, 0.1) is 4.90 Å². The van der Waals surface area contributed by atoms with E-state index >= 15 is 0 Å². The van der Waals surface area contributed by atoms with Crippen molar-refractivity contribution in [2.45, 2.75) is 18.4 Å². The average molecular weight is 369 g/mol. The fourth-order valence-corrected chi connectivity index (χ4v) is 2.98. The van der Waals surface area contributed by atoms with Crippen LogP contribution in [-0.2, 0) is 16.6 Å². The molecule has 0 fully saturated rings. The van der Waals surface area contributed by atoms with Crippen molar-refractivity contribution in [1.29, 1.82) is 0 Å². The molecule has 2 aromatic rings. The van der Waals surface area contributed by atoms with E-state index in [0.29, 0.717) is 6.54 Å². The second-order valence-electron chi connectivity index (χ2n) is 4.67. The molecule has 0 saturated carbocycles. The molecule has 2 N–H and O–H groups in total. The van der Waals surface area contributed by atoms with Gasteiger partial charge in [0.2, 0.25) is 10.0 Å². The first-order valence-corrected chi connectivity index (χ1v) is 8.72. The van der Waals surface area contributed by atoms with Crippen molar-refractivity contribution in [3.05, 3.63) is 58.1 Å². The highest BCUT2D eigenvalue weighted by molar-refractivity contribution is 9.10. The summed E-state index contributed by atoms with van der Waals surface area (Å²) in [4.78, 5) is 0.258. The smallest absolute Gasteiger partial charge is 0.240 e. The lowest BCUT2D eigenvalue weighted by Crippen LogP contribution is -2.18. The lowest BCUT2D eigenvalue weighted by atomic mass is 10.1. The van der Waals surface area contributed by atoms with Crippen LogP contribution in [0.5, 0.6) is 0 Å². The summed E-state index contributed by atoms with van der Waals surface area (Å²) in [6.45, 7) is 2.72. The molecule has 0 amide bonds. The maximum atomic E-state index is 11.6. The van der Waals surface area contributed by atoms with Gasteiger partial charge in [-0.05, 0) is 55.4 Å². The Hall–Kier alpha value is -1.37. The summed E-state index contributed by atoms with van der Waals surface area (Å²) < 4.78 is 26.6. The molecule has 2 aromatic carbocycles. The fourth-order valence-electron chi connectivity index (χ4n) is 1.82.